The number of benzene rings is 2. The largest absolute Gasteiger partial charge is 0.494 e. The third-order valence-corrected chi connectivity index (χ3v) is 5.15. The molecule has 0 saturated heterocycles. The summed E-state index contributed by atoms with van der Waals surface area (Å²) in [6.45, 7) is 7.52. The number of halogens is 1. The second kappa shape index (κ2) is 10.4. The molecule has 2 amide bonds. The summed E-state index contributed by atoms with van der Waals surface area (Å²) in [5.41, 5.74) is 1.74. The van der Waals surface area contributed by atoms with Crippen molar-refractivity contribution in [1.29, 1.82) is 0 Å². The minimum absolute atomic E-state index is 0.0594. The SMILES string of the molecule is CCOc1ccc(C2=C(Cl)C(=O)N(CCc3ccc(OCC)c(OCC)c3)C2=O)cc1. The first kappa shape index (κ1) is 22.7. The minimum Gasteiger partial charge on any atom is -0.494 e. The molecule has 7 heteroatoms. The molecule has 2 aromatic carbocycles. The summed E-state index contributed by atoms with van der Waals surface area (Å²) in [4.78, 5) is 26.8. The third kappa shape index (κ3) is 5.02. The lowest BCUT2D eigenvalue weighted by Crippen LogP contribution is -2.33. The molecule has 3 rings (SSSR count). The number of amides is 2. The summed E-state index contributed by atoms with van der Waals surface area (Å²) in [7, 11) is 0. The number of hydrogen-bond donors (Lipinski definition) is 0. The van der Waals surface area contributed by atoms with Crippen LogP contribution in [-0.4, -0.2) is 43.1 Å². The predicted molar refractivity (Wildman–Crippen MR) is 120 cm³/mol. The van der Waals surface area contributed by atoms with E-state index >= 15 is 0 Å². The van der Waals surface area contributed by atoms with Crippen molar-refractivity contribution in [2.45, 2.75) is 27.2 Å². The van der Waals surface area contributed by atoms with Crippen LogP contribution < -0.4 is 14.2 Å². The molecule has 0 unspecified atom stereocenters. The monoisotopic (exact) mass is 443 g/mol. The van der Waals surface area contributed by atoms with E-state index in [-0.39, 0.29) is 17.2 Å². The maximum atomic E-state index is 13.0. The molecule has 0 bridgehead atoms. The zero-order valence-corrected chi connectivity index (χ0v) is 18.7. The lowest BCUT2D eigenvalue weighted by atomic mass is 10.1. The van der Waals surface area contributed by atoms with E-state index in [4.69, 9.17) is 25.8 Å². The molecule has 1 heterocycles. The average molecular weight is 444 g/mol. The van der Waals surface area contributed by atoms with Crippen LogP contribution in [0.5, 0.6) is 17.2 Å². The van der Waals surface area contributed by atoms with Gasteiger partial charge in [-0.05, 0) is 62.6 Å². The second-order valence-electron chi connectivity index (χ2n) is 6.81. The lowest BCUT2D eigenvalue weighted by Gasteiger charge is -2.16. The smallest absolute Gasteiger partial charge is 0.273 e. The Bertz CT molecular complexity index is 984. The fourth-order valence-electron chi connectivity index (χ4n) is 3.38. The predicted octanol–water partition coefficient (Wildman–Crippen LogP) is 4.44. The molecule has 0 saturated carbocycles. The fourth-order valence-corrected chi connectivity index (χ4v) is 3.67. The summed E-state index contributed by atoms with van der Waals surface area (Å²) in [5.74, 6) is 1.13. The minimum atomic E-state index is -0.480. The molecule has 0 spiro atoms. The highest BCUT2D eigenvalue weighted by molar-refractivity contribution is 6.55. The van der Waals surface area contributed by atoms with Gasteiger partial charge in [0, 0.05) is 6.54 Å². The summed E-state index contributed by atoms with van der Waals surface area (Å²) >= 11 is 6.26. The van der Waals surface area contributed by atoms with Crippen molar-refractivity contribution in [1.82, 2.24) is 4.90 Å². The third-order valence-electron chi connectivity index (χ3n) is 4.80. The molecule has 1 aliphatic heterocycles. The highest BCUT2D eigenvalue weighted by Crippen LogP contribution is 2.33. The topological polar surface area (TPSA) is 65.1 Å². The fraction of sp³-hybridized carbons (Fsp3) is 0.333. The van der Waals surface area contributed by atoms with E-state index in [2.05, 4.69) is 0 Å². The molecule has 6 nitrogen and oxygen atoms in total. The Morgan fingerprint density at radius 3 is 2.10 bits per heavy atom. The summed E-state index contributed by atoms with van der Waals surface area (Å²) in [5, 5.41) is -0.0594. The first-order valence-corrected chi connectivity index (χ1v) is 10.8. The van der Waals surface area contributed by atoms with E-state index in [1.165, 1.54) is 4.90 Å². The summed E-state index contributed by atoms with van der Waals surface area (Å²) in [6, 6.07) is 12.6. The zero-order valence-electron chi connectivity index (χ0n) is 17.9. The molecule has 2 aromatic rings. The van der Waals surface area contributed by atoms with Gasteiger partial charge in [-0.3, -0.25) is 14.5 Å². The Balaban J connectivity index is 1.73. The normalized spacial score (nSPS) is 13.7. The van der Waals surface area contributed by atoms with Crippen LogP contribution in [0.25, 0.3) is 5.57 Å². The van der Waals surface area contributed by atoms with Crippen LogP contribution in [0, 0.1) is 0 Å². The van der Waals surface area contributed by atoms with Crippen LogP contribution in [0.4, 0.5) is 0 Å². The summed E-state index contributed by atoms with van der Waals surface area (Å²) < 4.78 is 16.7. The average Bonchev–Trinajstić information content (AvgIpc) is 2.97. The van der Waals surface area contributed by atoms with Crippen molar-refractivity contribution in [3.05, 3.63) is 58.6 Å². The first-order chi connectivity index (χ1) is 15.0. The van der Waals surface area contributed by atoms with Crippen molar-refractivity contribution < 1.29 is 23.8 Å². The highest BCUT2D eigenvalue weighted by atomic mass is 35.5. The van der Waals surface area contributed by atoms with Crippen LogP contribution >= 0.6 is 11.6 Å². The molecule has 1 aliphatic rings. The van der Waals surface area contributed by atoms with Gasteiger partial charge in [0.2, 0.25) is 0 Å². The number of nitrogens with zero attached hydrogens (tertiary/aromatic N) is 1. The van der Waals surface area contributed by atoms with Gasteiger partial charge in [0.1, 0.15) is 10.8 Å². The number of hydrogen-bond acceptors (Lipinski definition) is 5. The van der Waals surface area contributed by atoms with Crippen molar-refractivity contribution in [3.63, 3.8) is 0 Å². The molecule has 31 heavy (non-hydrogen) atoms. The van der Waals surface area contributed by atoms with Gasteiger partial charge in [0.25, 0.3) is 11.8 Å². The standard InChI is InChI=1S/C24H26ClNO5/c1-4-29-18-10-8-17(9-11-18)21-22(25)24(28)26(23(21)27)14-13-16-7-12-19(30-5-2)20(15-16)31-6-3/h7-12,15H,4-6,13-14H2,1-3H3. The highest BCUT2D eigenvalue weighted by Gasteiger charge is 2.37. The van der Waals surface area contributed by atoms with Gasteiger partial charge in [-0.2, -0.15) is 0 Å². The maximum Gasteiger partial charge on any atom is 0.273 e. The van der Waals surface area contributed by atoms with Gasteiger partial charge in [-0.15, -0.1) is 0 Å². The maximum absolute atomic E-state index is 13.0. The lowest BCUT2D eigenvalue weighted by molar-refractivity contribution is -0.136. The molecule has 0 atom stereocenters. The second-order valence-corrected chi connectivity index (χ2v) is 7.18. The first-order valence-electron chi connectivity index (χ1n) is 10.4. The van der Waals surface area contributed by atoms with Gasteiger partial charge in [0.15, 0.2) is 11.5 Å². The van der Waals surface area contributed by atoms with Crippen LogP contribution in [0.3, 0.4) is 0 Å². The van der Waals surface area contributed by atoms with Crippen LogP contribution in [0.2, 0.25) is 0 Å². The molecule has 164 valence electrons. The van der Waals surface area contributed by atoms with E-state index < -0.39 is 11.8 Å². The van der Waals surface area contributed by atoms with Crippen LogP contribution in [-0.2, 0) is 16.0 Å². The Hall–Kier alpha value is -2.99. The summed E-state index contributed by atoms with van der Waals surface area (Å²) in [6.07, 6.45) is 0.477. The van der Waals surface area contributed by atoms with Gasteiger partial charge in [0.05, 0.1) is 25.4 Å². The Morgan fingerprint density at radius 2 is 1.45 bits per heavy atom. The van der Waals surface area contributed by atoms with E-state index in [1.54, 1.807) is 24.3 Å². The van der Waals surface area contributed by atoms with Gasteiger partial charge >= 0.3 is 0 Å². The Labute approximate surface area is 187 Å². The van der Waals surface area contributed by atoms with E-state index in [1.807, 2.05) is 39.0 Å². The van der Waals surface area contributed by atoms with Crippen molar-refractivity contribution in [3.8, 4) is 17.2 Å². The van der Waals surface area contributed by atoms with Crippen LogP contribution in [0.1, 0.15) is 31.9 Å². The molecule has 0 aliphatic carbocycles. The molecular formula is C24H26ClNO5. The van der Waals surface area contributed by atoms with Crippen LogP contribution in [0.15, 0.2) is 47.5 Å². The number of rotatable bonds is 10. The van der Waals surface area contributed by atoms with Gasteiger partial charge in [-0.1, -0.05) is 29.8 Å². The number of carbonyl (C=O) groups excluding carboxylic acids is 2. The van der Waals surface area contributed by atoms with Gasteiger partial charge < -0.3 is 14.2 Å². The zero-order chi connectivity index (χ0) is 22.4. The number of imide groups is 1. The van der Waals surface area contributed by atoms with E-state index in [0.29, 0.717) is 49.1 Å². The molecule has 0 aromatic heterocycles. The Kier molecular flexibility index (Phi) is 7.58. The molecule has 0 fully saturated rings. The van der Waals surface area contributed by atoms with E-state index in [9.17, 15) is 9.59 Å². The molecule has 0 N–H and O–H groups in total. The van der Waals surface area contributed by atoms with Crippen molar-refractivity contribution in [2.24, 2.45) is 0 Å². The van der Waals surface area contributed by atoms with Crippen molar-refractivity contribution in [2.75, 3.05) is 26.4 Å². The number of carbonyl (C=O) groups is 2. The quantitative estimate of drug-likeness (QED) is 0.508. The molecular weight excluding hydrogens is 418 g/mol. The molecule has 0 radical (unpaired) electrons. The Morgan fingerprint density at radius 1 is 0.806 bits per heavy atom. The number of ether oxygens (including phenoxy) is 3. The van der Waals surface area contributed by atoms with E-state index in [0.717, 1.165) is 5.56 Å². The van der Waals surface area contributed by atoms with Crippen molar-refractivity contribution >= 4 is 29.0 Å². The van der Waals surface area contributed by atoms with Gasteiger partial charge in [-0.25, -0.2) is 0 Å².